The molecule has 0 fully saturated rings. The highest BCUT2D eigenvalue weighted by molar-refractivity contribution is 5.46. The minimum atomic E-state index is -4.62. The van der Waals surface area contributed by atoms with Gasteiger partial charge >= 0.3 is 6.18 Å². The number of nitrogens with zero attached hydrogens (tertiary/aromatic N) is 1. The van der Waals surface area contributed by atoms with Gasteiger partial charge in [-0.05, 0) is 6.07 Å². The smallest absolute Gasteiger partial charge is 0.397 e. The van der Waals surface area contributed by atoms with Crippen LogP contribution in [0.25, 0.3) is 0 Å². The maximum absolute atomic E-state index is 12.0. The van der Waals surface area contributed by atoms with E-state index < -0.39 is 29.5 Å². The van der Waals surface area contributed by atoms with Crippen LogP contribution in [-0.2, 0) is 6.18 Å². The summed E-state index contributed by atoms with van der Waals surface area (Å²) in [7, 11) is 0. The molecule has 0 saturated carbocycles. The van der Waals surface area contributed by atoms with Gasteiger partial charge in [0.25, 0.3) is 6.43 Å². The number of anilines is 1. The highest BCUT2D eigenvalue weighted by atomic mass is 19.4. The predicted molar refractivity (Wildman–Crippen MR) is 38.6 cm³/mol. The molecule has 0 aliphatic carbocycles. The summed E-state index contributed by atoms with van der Waals surface area (Å²) >= 11 is 0. The van der Waals surface area contributed by atoms with Crippen LogP contribution in [0.15, 0.2) is 12.3 Å². The Hall–Kier alpha value is -1.40. The summed E-state index contributed by atoms with van der Waals surface area (Å²) in [6, 6.07) is 0.439. The van der Waals surface area contributed by atoms with Crippen LogP contribution in [0.1, 0.15) is 17.7 Å². The molecule has 0 aliphatic heterocycles. The lowest BCUT2D eigenvalue weighted by Crippen LogP contribution is -2.08. The van der Waals surface area contributed by atoms with Crippen molar-refractivity contribution in [3.8, 4) is 0 Å². The van der Waals surface area contributed by atoms with E-state index in [2.05, 4.69) is 4.98 Å². The van der Waals surface area contributed by atoms with E-state index in [0.29, 0.717) is 12.3 Å². The molecule has 0 atom stereocenters. The van der Waals surface area contributed by atoms with Crippen molar-refractivity contribution in [3.05, 3.63) is 23.5 Å². The molecule has 1 heterocycles. The first-order valence-electron chi connectivity index (χ1n) is 3.43. The van der Waals surface area contributed by atoms with E-state index in [1.54, 1.807) is 0 Å². The topological polar surface area (TPSA) is 38.9 Å². The summed E-state index contributed by atoms with van der Waals surface area (Å²) in [6.45, 7) is 0. The van der Waals surface area contributed by atoms with E-state index in [9.17, 15) is 22.0 Å². The summed E-state index contributed by atoms with van der Waals surface area (Å²) in [5, 5.41) is 0. The predicted octanol–water partition coefficient (Wildman–Crippen LogP) is 2.62. The minimum absolute atomic E-state index is 0.331. The molecule has 1 rings (SSSR count). The van der Waals surface area contributed by atoms with Crippen LogP contribution in [0.2, 0.25) is 0 Å². The lowest BCUT2D eigenvalue weighted by Gasteiger charge is -2.08. The zero-order valence-corrected chi connectivity index (χ0v) is 6.65. The molecule has 0 aromatic carbocycles. The van der Waals surface area contributed by atoms with Crippen LogP contribution < -0.4 is 5.73 Å². The van der Waals surface area contributed by atoms with E-state index in [4.69, 9.17) is 5.73 Å². The van der Waals surface area contributed by atoms with Gasteiger partial charge in [0.1, 0.15) is 5.69 Å². The van der Waals surface area contributed by atoms with Crippen molar-refractivity contribution in [1.82, 2.24) is 4.98 Å². The average Bonchev–Trinajstić information content (AvgIpc) is 2.01. The highest BCUT2D eigenvalue weighted by Crippen LogP contribution is 2.32. The van der Waals surface area contributed by atoms with Gasteiger partial charge in [-0.1, -0.05) is 0 Å². The van der Waals surface area contributed by atoms with Gasteiger partial charge < -0.3 is 5.73 Å². The molecular formula is C7H5F5N2. The van der Waals surface area contributed by atoms with Gasteiger partial charge in [-0.2, -0.15) is 13.2 Å². The lowest BCUT2D eigenvalue weighted by molar-refractivity contribution is -0.137. The molecule has 2 N–H and O–H groups in total. The number of aromatic nitrogens is 1. The first-order chi connectivity index (χ1) is 6.32. The molecule has 78 valence electrons. The second-order valence-corrected chi connectivity index (χ2v) is 2.50. The van der Waals surface area contributed by atoms with Crippen molar-refractivity contribution in [2.45, 2.75) is 12.6 Å². The van der Waals surface area contributed by atoms with E-state index in [1.807, 2.05) is 0 Å². The number of nitrogen functional groups attached to an aromatic ring is 1. The Labute approximate surface area is 75.5 Å². The number of halogens is 5. The van der Waals surface area contributed by atoms with E-state index >= 15 is 0 Å². The largest absolute Gasteiger partial charge is 0.417 e. The molecular weight excluding hydrogens is 207 g/mol. The highest BCUT2D eigenvalue weighted by Gasteiger charge is 2.32. The number of alkyl halides is 5. The maximum atomic E-state index is 12.0. The van der Waals surface area contributed by atoms with Crippen molar-refractivity contribution < 1.29 is 22.0 Å². The Morgan fingerprint density at radius 1 is 1.29 bits per heavy atom. The normalized spacial score (nSPS) is 12.1. The van der Waals surface area contributed by atoms with E-state index in [-0.39, 0.29) is 0 Å². The van der Waals surface area contributed by atoms with Crippen molar-refractivity contribution in [2.24, 2.45) is 0 Å². The Bertz CT molecular complexity index is 333. The second-order valence-electron chi connectivity index (χ2n) is 2.50. The van der Waals surface area contributed by atoms with Crippen molar-refractivity contribution in [1.29, 1.82) is 0 Å². The quantitative estimate of drug-likeness (QED) is 0.726. The summed E-state index contributed by atoms with van der Waals surface area (Å²) in [4.78, 5) is 2.95. The number of nitrogens with two attached hydrogens (primary N) is 1. The van der Waals surface area contributed by atoms with Gasteiger partial charge in [0.05, 0.1) is 11.3 Å². The van der Waals surface area contributed by atoms with Gasteiger partial charge in [-0.25, -0.2) is 8.78 Å². The van der Waals surface area contributed by atoms with Crippen LogP contribution in [-0.4, -0.2) is 4.98 Å². The average molecular weight is 212 g/mol. The Morgan fingerprint density at radius 3 is 2.21 bits per heavy atom. The van der Waals surface area contributed by atoms with Gasteiger partial charge in [-0.15, -0.1) is 0 Å². The fourth-order valence-corrected chi connectivity index (χ4v) is 0.830. The van der Waals surface area contributed by atoms with Crippen LogP contribution in [0.5, 0.6) is 0 Å². The molecule has 0 radical (unpaired) electrons. The fraction of sp³-hybridized carbons (Fsp3) is 0.286. The van der Waals surface area contributed by atoms with Gasteiger partial charge in [-0.3, -0.25) is 4.98 Å². The molecule has 14 heavy (non-hydrogen) atoms. The molecule has 7 heteroatoms. The minimum Gasteiger partial charge on any atom is -0.397 e. The number of hydrogen-bond acceptors (Lipinski definition) is 2. The molecule has 2 nitrogen and oxygen atoms in total. The molecule has 1 aromatic heterocycles. The third-order valence-electron chi connectivity index (χ3n) is 1.48. The van der Waals surface area contributed by atoms with Crippen LogP contribution in [0, 0.1) is 0 Å². The first kappa shape index (κ1) is 10.7. The lowest BCUT2D eigenvalue weighted by atomic mass is 10.2. The Balaban J connectivity index is 3.13. The maximum Gasteiger partial charge on any atom is 0.417 e. The Morgan fingerprint density at radius 2 is 1.86 bits per heavy atom. The van der Waals surface area contributed by atoms with Crippen LogP contribution in [0.4, 0.5) is 27.6 Å². The van der Waals surface area contributed by atoms with Gasteiger partial charge in [0.2, 0.25) is 0 Å². The Kier molecular flexibility index (Phi) is 2.59. The molecule has 0 spiro atoms. The fourth-order valence-electron chi connectivity index (χ4n) is 0.830. The SMILES string of the molecule is Nc1cc(C(F)(F)F)cnc1C(F)F. The van der Waals surface area contributed by atoms with Crippen molar-refractivity contribution >= 4 is 5.69 Å². The number of pyridine rings is 1. The van der Waals surface area contributed by atoms with Crippen molar-refractivity contribution in [2.75, 3.05) is 5.73 Å². The molecule has 1 aromatic rings. The monoisotopic (exact) mass is 212 g/mol. The summed E-state index contributed by atoms with van der Waals surface area (Å²) < 4.78 is 60.1. The van der Waals surface area contributed by atoms with Crippen LogP contribution >= 0.6 is 0 Å². The van der Waals surface area contributed by atoms with E-state index in [1.165, 1.54) is 0 Å². The standard InChI is InChI=1S/C7H5F5N2/c8-6(9)5-4(13)1-3(2-14-5)7(10,11)12/h1-2,6H,13H2. The van der Waals surface area contributed by atoms with Crippen molar-refractivity contribution in [3.63, 3.8) is 0 Å². The van der Waals surface area contributed by atoms with Gasteiger partial charge in [0, 0.05) is 6.20 Å². The van der Waals surface area contributed by atoms with Gasteiger partial charge in [0.15, 0.2) is 0 Å². The van der Waals surface area contributed by atoms with E-state index in [0.717, 1.165) is 0 Å². The summed E-state index contributed by atoms with van der Waals surface area (Å²) in [6.07, 6.45) is -7.27. The molecule has 0 unspecified atom stereocenters. The number of hydrogen-bond donors (Lipinski definition) is 1. The third-order valence-corrected chi connectivity index (χ3v) is 1.48. The molecule has 0 amide bonds. The third kappa shape index (κ3) is 2.09. The molecule has 0 saturated heterocycles. The first-order valence-corrected chi connectivity index (χ1v) is 3.43. The summed E-state index contributed by atoms with van der Waals surface area (Å²) in [5.41, 5.74) is 2.34. The van der Waals surface area contributed by atoms with Crippen LogP contribution in [0.3, 0.4) is 0 Å². The molecule has 0 aliphatic rings. The number of rotatable bonds is 1. The second kappa shape index (κ2) is 3.39. The zero-order valence-electron chi connectivity index (χ0n) is 6.65. The zero-order chi connectivity index (χ0) is 10.9. The summed E-state index contributed by atoms with van der Waals surface area (Å²) in [5.74, 6) is 0. The molecule has 0 bridgehead atoms.